The highest BCUT2D eigenvalue weighted by Crippen LogP contribution is 2.18. The van der Waals surface area contributed by atoms with Gasteiger partial charge in [0.1, 0.15) is 11.9 Å². The molecule has 5 nitrogen and oxygen atoms in total. The van der Waals surface area contributed by atoms with Gasteiger partial charge in [-0.15, -0.1) is 11.6 Å². The van der Waals surface area contributed by atoms with Gasteiger partial charge in [0.05, 0.1) is 5.88 Å². The molecule has 96 valence electrons. The van der Waals surface area contributed by atoms with Crippen molar-refractivity contribution in [1.82, 2.24) is 10.3 Å². The van der Waals surface area contributed by atoms with Crippen LogP contribution < -0.4 is 10.6 Å². The number of hydrogen-bond donors (Lipinski definition) is 2. The number of imide groups is 1. The van der Waals surface area contributed by atoms with Crippen molar-refractivity contribution in [3.8, 4) is 0 Å². The predicted octanol–water partition coefficient (Wildman–Crippen LogP) is 1.18. The molecule has 0 aromatic carbocycles. The average molecular weight is 272 g/mol. The van der Waals surface area contributed by atoms with E-state index >= 15 is 0 Å². The molecule has 1 saturated heterocycles. The molecule has 2 rings (SSSR count). The highest BCUT2D eigenvalue weighted by Gasteiger charge is 2.27. The van der Waals surface area contributed by atoms with Crippen molar-refractivity contribution in [2.75, 3.05) is 5.32 Å². The minimum absolute atomic E-state index is 0.156. The van der Waals surface area contributed by atoms with Crippen molar-refractivity contribution in [2.45, 2.75) is 24.8 Å². The molecule has 7 heteroatoms. The summed E-state index contributed by atoms with van der Waals surface area (Å²) in [5.41, 5.74) is 0.600. The van der Waals surface area contributed by atoms with Crippen LogP contribution in [0.5, 0.6) is 0 Å². The highest BCUT2D eigenvalue weighted by atomic mass is 35.5. The third kappa shape index (κ3) is 2.76. The monoisotopic (exact) mass is 271 g/mol. The van der Waals surface area contributed by atoms with Crippen LogP contribution in [0.25, 0.3) is 0 Å². The van der Waals surface area contributed by atoms with Crippen molar-refractivity contribution in [3.05, 3.63) is 23.6 Å². The molecule has 2 N–H and O–H groups in total. The summed E-state index contributed by atoms with van der Waals surface area (Å²) >= 11 is 5.70. The van der Waals surface area contributed by atoms with Gasteiger partial charge in [0, 0.05) is 12.0 Å². The van der Waals surface area contributed by atoms with Gasteiger partial charge in [-0.3, -0.25) is 14.9 Å². The maximum Gasteiger partial charge on any atom is 0.249 e. The lowest BCUT2D eigenvalue weighted by molar-refractivity contribution is -0.133. The number of rotatable bonds is 3. The standard InChI is InChI=1S/C11H11ClFN3O2/c12-5-6-1-3-8(13)15-10(6)14-7-2-4-9(17)16-11(7)18/h1,3,7H,2,4-5H2,(H,14,15)(H,16,17,18). The van der Waals surface area contributed by atoms with Gasteiger partial charge in [0.15, 0.2) is 0 Å². The van der Waals surface area contributed by atoms with Crippen molar-refractivity contribution in [3.63, 3.8) is 0 Å². The number of halogens is 2. The first-order valence-electron chi connectivity index (χ1n) is 5.42. The number of piperidine rings is 1. The van der Waals surface area contributed by atoms with E-state index in [9.17, 15) is 14.0 Å². The summed E-state index contributed by atoms with van der Waals surface area (Å²) in [7, 11) is 0. The zero-order chi connectivity index (χ0) is 13.1. The lowest BCUT2D eigenvalue weighted by Gasteiger charge is -2.23. The SMILES string of the molecule is O=C1CCC(Nc2nc(F)ccc2CCl)C(=O)N1. The lowest BCUT2D eigenvalue weighted by Crippen LogP contribution is -2.47. The Kier molecular flexibility index (Phi) is 3.76. The molecule has 1 aromatic heterocycles. The Hall–Kier alpha value is -1.69. The predicted molar refractivity (Wildman–Crippen MR) is 63.5 cm³/mol. The number of anilines is 1. The van der Waals surface area contributed by atoms with Crippen molar-refractivity contribution < 1.29 is 14.0 Å². The van der Waals surface area contributed by atoms with E-state index in [1.807, 2.05) is 0 Å². The van der Waals surface area contributed by atoms with E-state index in [-0.39, 0.29) is 24.0 Å². The largest absolute Gasteiger partial charge is 0.358 e. The Balaban J connectivity index is 2.16. The van der Waals surface area contributed by atoms with E-state index in [0.29, 0.717) is 12.0 Å². The van der Waals surface area contributed by atoms with E-state index in [1.54, 1.807) is 0 Å². The molecule has 2 amide bonds. The van der Waals surface area contributed by atoms with Gasteiger partial charge in [0.25, 0.3) is 0 Å². The average Bonchev–Trinajstić information content (AvgIpc) is 2.33. The number of alkyl halides is 1. The maximum atomic E-state index is 13.0. The molecule has 0 radical (unpaired) electrons. The fourth-order valence-corrected chi connectivity index (χ4v) is 1.91. The molecule has 1 aliphatic rings. The molecular weight excluding hydrogens is 261 g/mol. The van der Waals surface area contributed by atoms with Crippen molar-refractivity contribution in [2.24, 2.45) is 0 Å². The maximum absolute atomic E-state index is 13.0. The Morgan fingerprint density at radius 3 is 2.94 bits per heavy atom. The van der Waals surface area contributed by atoms with Crippen LogP contribution in [0, 0.1) is 5.95 Å². The number of amides is 2. The lowest BCUT2D eigenvalue weighted by atomic mass is 10.1. The second-order valence-electron chi connectivity index (χ2n) is 3.92. The van der Waals surface area contributed by atoms with Gasteiger partial charge < -0.3 is 5.32 Å². The van der Waals surface area contributed by atoms with E-state index in [2.05, 4.69) is 15.6 Å². The summed E-state index contributed by atoms with van der Waals surface area (Å²) in [6.45, 7) is 0. The van der Waals surface area contributed by atoms with Crippen LogP contribution in [0.3, 0.4) is 0 Å². The zero-order valence-electron chi connectivity index (χ0n) is 9.37. The van der Waals surface area contributed by atoms with Crippen LogP contribution in [0.4, 0.5) is 10.2 Å². The Bertz CT molecular complexity index is 495. The summed E-state index contributed by atoms with van der Waals surface area (Å²) in [5.74, 6) is -0.998. The van der Waals surface area contributed by atoms with E-state index < -0.39 is 17.9 Å². The van der Waals surface area contributed by atoms with Crippen LogP contribution in [-0.2, 0) is 15.5 Å². The number of pyridine rings is 1. The summed E-state index contributed by atoms with van der Waals surface area (Å²) in [6, 6.07) is 2.11. The third-order valence-electron chi connectivity index (χ3n) is 2.64. The number of hydrogen-bond acceptors (Lipinski definition) is 4. The first-order valence-corrected chi connectivity index (χ1v) is 5.95. The number of carbonyl (C=O) groups is 2. The summed E-state index contributed by atoms with van der Waals surface area (Å²) < 4.78 is 13.0. The molecule has 1 fully saturated rings. The Morgan fingerprint density at radius 1 is 1.50 bits per heavy atom. The van der Waals surface area contributed by atoms with Gasteiger partial charge in [-0.2, -0.15) is 4.39 Å². The zero-order valence-corrected chi connectivity index (χ0v) is 10.1. The number of aromatic nitrogens is 1. The minimum atomic E-state index is -0.654. The summed E-state index contributed by atoms with van der Waals surface area (Å²) in [4.78, 5) is 26.2. The Morgan fingerprint density at radius 2 is 2.28 bits per heavy atom. The van der Waals surface area contributed by atoms with Gasteiger partial charge in [0.2, 0.25) is 17.8 Å². The van der Waals surface area contributed by atoms with Gasteiger partial charge in [-0.05, 0) is 18.6 Å². The number of carbonyl (C=O) groups excluding carboxylic acids is 2. The number of nitrogens with one attached hydrogen (secondary N) is 2. The molecule has 1 unspecified atom stereocenters. The topological polar surface area (TPSA) is 71.1 Å². The first-order chi connectivity index (χ1) is 8.60. The van der Waals surface area contributed by atoms with Crippen LogP contribution >= 0.6 is 11.6 Å². The molecule has 0 spiro atoms. The van der Waals surface area contributed by atoms with Gasteiger partial charge >= 0.3 is 0 Å². The second kappa shape index (κ2) is 5.30. The fourth-order valence-electron chi connectivity index (χ4n) is 1.69. The van der Waals surface area contributed by atoms with Crippen molar-refractivity contribution >= 4 is 29.2 Å². The molecular formula is C11H11ClFN3O2. The van der Waals surface area contributed by atoms with E-state index in [4.69, 9.17) is 11.6 Å². The van der Waals surface area contributed by atoms with E-state index in [0.717, 1.165) is 0 Å². The molecule has 0 aliphatic carbocycles. The molecule has 1 atom stereocenters. The van der Waals surface area contributed by atoms with Crippen LogP contribution in [0.15, 0.2) is 12.1 Å². The van der Waals surface area contributed by atoms with E-state index in [1.165, 1.54) is 12.1 Å². The first kappa shape index (κ1) is 12.8. The molecule has 0 bridgehead atoms. The summed E-state index contributed by atoms with van der Waals surface area (Å²) in [6.07, 6.45) is 0.597. The normalized spacial score (nSPS) is 19.6. The molecule has 1 aliphatic heterocycles. The highest BCUT2D eigenvalue weighted by molar-refractivity contribution is 6.17. The number of nitrogens with zero attached hydrogens (tertiary/aromatic N) is 1. The Labute approximate surface area is 108 Å². The van der Waals surface area contributed by atoms with Gasteiger partial charge in [-0.25, -0.2) is 4.98 Å². The summed E-state index contributed by atoms with van der Waals surface area (Å²) in [5, 5.41) is 5.02. The molecule has 2 heterocycles. The molecule has 1 aromatic rings. The fraction of sp³-hybridized carbons (Fsp3) is 0.364. The van der Waals surface area contributed by atoms with Crippen LogP contribution in [-0.4, -0.2) is 22.8 Å². The minimum Gasteiger partial charge on any atom is -0.358 e. The van der Waals surface area contributed by atoms with Crippen LogP contribution in [0.1, 0.15) is 18.4 Å². The van der Waals surface area contributed by atoms with Crippen LogP contribution in [0.2, 0.25) is 0 Å². The quantitative estimate of drug-likeness (QED) is 0.492. The third-order valence-corrected chi connectivity index (χ3v) is 2.93. The van der Waals surface area contributed by atoms with Gasteiger partial charge in [-0.1, -0.05) is 0 Å². The smallest absolute Gasteiger partial charge is 0.249 e. The van der Waals surface area contributed by atoms with Crippen molar-refractivity contribution in [1.29, 1.82) is 0 Å². The molecule has 18 heavy (non-hydrogen) atoms. The molecule has 0 saturated carbocycles. The second-order valence-corrected chi connectivity index (χ2v) is 4.19.